The summed E-state index contributed by atoms with van der Waals surface area (Å²) in [5.74, 6) is 0.183. The molecule has 31 heavy (non-hydrogen) atoms. The summed E-state index contributed by atoms with van der Waals surface area (Å²) in [7, 11) is 0. The fourth-order valence-electron chi connectivity index (χ4n) is 2.90. The molecule has 2 heterocycles. The van der Waals surface area contributed by atoms with Crippen molar-refractivity contribution in [2.45, 2.75) is 45.3 Å². The van der Waals surface area contributed by atoms with Crippen LogP contribution in [0.3, 0.4) is 0 Å². The Morgan fingerprint density at radius 2 is 1.81 bits per heavy atom. The predicted molar refractivity (Wildman–Crippen MR) is 117 cm³/mol. The molecule has 1 aromatic carbocycles. The highest BCUT2D eigenvalue weighted by atomic mass is 35.5. The zero-order valence-electron chi connectivity index (χ0n) is 17.6. The van der Waals surface area contributed by atoms with Gasteiger partial charge >= 0.3 is 6.09 Å². The van der Waals surface area contributed by atoms with Crippen molar-refractivity contribution >= 4 is 23.5 Å². The van der Waals surface area contributed by atoms with E-state index in [0.717, 1.165) is 11.1 Å². The van der Waals surface area contributed by atoms with Gasteiger partial charge in [-0.3, -0.25) is 9.78 Å². The van der Waals surface area contributed by atoms with Gasteiger partial charge in [-0.25, -0.2) is 4.79 Å². The summed E-state index contributed by atoms with van der Waals surface area (Å²) in [5.41, 5.74) is 1.62. The molecule has 2 aromatic heterocycles. The normalized spacial score (nSPS) is 12.3. The van der Waals surface area contributed by atoms with Crippen LogP contribution in [0.1, 0.15) is 32.1 Å². The topological polar surface area (TPSA) is 94.3 Å². The van der Waals surface area contributed by atoms with E-state index in [4.69, 9.17) is 20.9 Å². The Balaban J connectivity index is 1.74. The molecule has 0 fully saturated rings. The minimum absolute atomic E-state index is 0.0217. The number of hydrogen-bond acceptors (Lipinski definition) is 6. The lowest BCUT2D eigenvalue weighted by Gasteiger charge is -2.23. The standard InChI is InChI=1S/C23H24ClN3O4/c1-23(2,3)30-22(29)26-20(12-15-4-6-17(24)7-5-15)21(28)14-18-13-19(27-31-18)16-8-10-25-11-9-16/h4-11,13,20H,12,14H2,1-3H3,(H,26,29)/t20-/m0/s1. The SMILES string of the molecule is CC(C)(C)OC(=O)N[C@@H](Cc1ccc(Cl)cc1)C(=O)Cc1cc(-c2ccncc2)no1. The Hall–Kier alpha value is -3.19. The van der Waals surface area contributed by atoms with E-state index in [1.165, 1.54) is 0 Å². The molecule has 8 heteroatoms. The third-order valence-electron chi connectivity index (χ3n) is 4.32. The van der Waals surface area contributed by atoms with Gasteiger partial charge in [-0.1, -0.05) is 28.9 Å². The number of ketones is 1. The van der Waals surface area contributed by atoms with Gasteiger partial charge in [0.1, 0.15) is 17.1 Å². The van der Waals surface area contributed by atoms with Crippen LogP contribution in [0.25, 0.3) is 11.3 Å². The van der Waals surface area contributed by atoms with Gasteiger partial charge in [0.2, 0.25) is 0 Å². The lowest BCUT2D eigenvalue weighted by atomic mass is 9.99. The third-order valence-corrected chi connectivity index (χ3v) is 4.57. The molecule has 0 aliphatic rings. The molecule has 7 nitrogen and oxygen atoms in total. The highest BCUT2D eigenvalue weighted by Gasteiger charge is 2.26. The number of halogens is 1. The number of carbonyl (C=O) groups excluding carboxylic acids is 2. The van der Waals surface area contributed by atoms with E-state index in [2.05, 4.69) is 15.5 Å². The van der Waals surface area contributed by atoms with Crippen molar-refractivity contribution in [3.8, 4) is 11.3 Å². The Morgan fingerprint density at radius 1 is 1.13 bits per heavy atom. The van der Waals surface area contributed by atoms with Crippen LogP contribution in [0.4, 0.5) is 4.79 Å². The summed E-state index contributed by atoms with van der Waals surface area (Å²) in [4.78, 5) is 29.3. The zero-order valence-corrected chi connectivity index (χ0v) is 18.3. The lowest BCUT2D eigenvalue weighted by molar-refractivity contribution is -0.120. The van der Waals surface area contributed by atoms with E-state index >= 15 is 0 Å². The predicted octanol–water partition coefficient (Wildman–Crippen LogP) is 4.64. The summed E-state index contributed by atoms with van der Waals surface area (Å²) < 4.78 is 10.7. The minimum atomic E-state index is -0.800. The first-order valence-electron chi connectivity index (χ1n) is 9.82. The first kappa shape index (κ1) is 22.5. The molecule has 0 radical (unpaired) electrons. The number of amides is 1. The van der Waals surface area contributed by atoms with E-state index in [-0.39, 0.29) is 12.2 Å². The molecule has 1 atom stereocenters. The second-order valence-electron chi connectivity index (χ2n) is 8.09. The van der Waals surface area contributed by atoms with Crippen molar-refractivity contribution in [1.29, 1.82) is 0 Å². The van der Waals surface area contributed by atoms with Crippen LogP contribution in [0.5, 0.6) is 0 Å². The zero-order chi connectivity index (χ0) is 22.4. The van der Waals surface area contributed by atoms with Crippen LogP contribution in [0.2, 0.25) is 5.02 Å². The molecule has 0 unspecified atom stereocenters. The van der Waals surface area contributed by atoms with Crippen LogP contribution in [0.15, 0.2) is 59.4 Å². The Morgan fingerprint density at radius 3 is 2.45 bits per heavy atom. The van der Waals surface area contributed by atoms with E-state index in [0.29, 0.717) is 22.9 Å². The van der Waals surface area contributed by atoms with Gasteiger partial charge in [0, 0.05) is 29.0 Å². The molecule has 0 spiro atoms. The van der Waals surface area contributed by atoms with E-state index in [1.807, 2.05) is 12.1 Å². The molecule has 0 saturated heterocycles. The molecule has 0 bridgehead atoms. The van der Waals surface area contributed by atoms with Crippen molar-refractivity contribution in [2.75, 3.05) is 0 Å². The molecular weight excluding hydrogens is 418 g/mol. The fraction of sp³-hybridized carbons (Fsp3) is 0.304. The Labute approximate surface area is 185 Å². The number of alkyl carbamates (subject to hydrolysis) is 1. The van der Waals surface area contributed by atoms with Crippen LogP contribution in [0, 0.1) is 0 Å². The maximum absolute atomic E-state index is 13.0. The average molecular weight is 442 g/mol. The lowest BCUT2D eigenvalue weighted by Crippen LogP contribution is -2.45. The summed E-state index contributed by atoms with van der Waals surface area (Å²) in [6.07, 6.45) is 2.92. The number of rotatable bonds is 7. The van der Waals surface area contributed by atoms with Crippen LogP contribution < -0.4 is 5.32 Å². The number of benzene rings is 1. The number of ether oxygens (including phenoxy) is 1. The number of nitrogens with one attached hydrogen (secondary N) is 1. The van der Waals surface area contributed by atoms with Crippen molar-refractivity contribution in [1.82, 2.24) is 15.5 Å². The number of carbonyl (C=O) groups is 2. The summed E-state index contributed by atoms with van der Waals surface area (Å²) >= 11 is 5.95. The molecule has 0 aliphatic carbocycles. The molecule has 3 rings (SSSR count). The number of pyridine rings is 1. The number of Topliss-reactive ketones (excluding diaryl/α,β-unsaturated/α-hetero) is 1. The van der Waals surface area contributed by atoms with Gasteiger partial charge in [0.05, 0.1) is 12.5 Å². The van der Waals surface area contributed by atoms with Crippen molar-refractivity contribution in [3.63, 3.8) is 0 Å². The van der Waals surface area contributed by atoms with Gasteiger partial charge in [-0.2, -0.15) is 0 Å². The smallest absolute Gasteiger partial charge is 0.408 e. The van der Waals surface area contributed by atoms with Gasteiger partial charge < -0.3 is 14.6 Å². The van der Waals surface area contributed by atoms with Crippen LogP contribution >= 0.6 is 11.6 Å². The summed E-state index contributed by atoms with van der Waals surface area (Å²) in [6.45, 7) is 5.28. The maximum atomic E-state index is 13.0. The van der Waals surface area contributed by atoms with Gasteiger partial charge in [0.25, 0.3) is 0 Å². The number of hydrogen-bond donors (Lipinski definition) is 1. The van der Waals surface area contributed by atoms with Crippen molar-refractivity contribution < 1.29 is 18.8 Å². The summed E-state index contributed by atoms with van der Waals surface area (Å²) in [6, 6.07) is 11.6. The fourth-order valence-corrected chi connectivity index (χ4v) is 3.03. The second-order valence-corrected chi connectivity index (χ2v) is 8.52. The largest absolute Gasteiger partial charge is 0.444 e. The van der Waals surface area contributed by atoms with E-state index in [9.17, 15) is 9.59 Å². The first-order valence-corrected chi connectivity index (χ1v) is 10.2. The van der Waals surface area contributed by atoms with Crippen molar-refractivity contribution in [3.05, 3.63) is 71.2 Å². The van der Waals surface area contributed by atoms with Gasteiger partial charge in [-0.15, -0.1) is 0 Å². The van der Waals surface area contributed by atoms with E-state index < -0.39 is 17.7 Å². The minimum Gasteiger partial charge on any atom is -0.444 e. The number of aromatic nitrogens is 2. The summed E-state index contributed by atoms with van der Waals surface area (Å²) in [5, 5.41) is 7.30. The Bertz CT molecular complexity index is 1030. The maximum Gasteiger partial charge on any atom is 0.408 e. The molecular formula is C23H24ClN3O4. The third kappa shape index (κ3) is 6.93. The van der Waals surface area contributed by atoms with Gasteiger partial charge in [-0.05, 0) is 57.0 Å². The Kier molecular flexibility index (Phi) is 7.07. The quantitative estimate of drug-likeness (QED) is 0.574. The molecule has 0 saturated carbocycles. The van der Waals surface area contributed by atoms with Crippen LogP contribution in [-0.2, 0) is 22.4 Å². The molecule has 3 aromatic rings. The molecule has 162 valence electrons. The molecule has 0 aliphatic heterocycles. The molecule has 1 N–H and O–H groups in total. The highest BCUT2D eigenvalue weighted by Crippen LogP contribution is 2.19. The first-order chi connectivity index (χ1) is 14.7. The highest BCUT2D eigenvalue weighted by molar-refractivity contribution is 6.30. The van der Waals surface area contributed by atoms with Crippen LogP contribution in [-0.4, -0.2) is 33.7 Å². The van der Waals surface area contributed by atoms with E-state index in [1.54, 1.807) is 63.5 Å². The van der Waals surface area contributed by atoms with Crippen molar-refractivity contribution in [2.24, 2.45) is 0 Å². The average Bonchev–Trinajstić information content (AvgIpc) is 3.17. The second kappa shape index (κ2) is 9.75. The van der Waals surface area contributed by atoms with Gasteiger partial charge in [0.15, 0.2) is 5.78 Å². The molecule has 1 amide bonds. The monoisotopic (exact) mass is 441 g/mol. The number of nitrogens with zero attached hydrogens (tertiary/aromatic N) is 2.